The quantitative estimate of drug-likeness (QED) is 0.709. The smallest absolute Gasteiger partial charge is 0.316 e. The minimum Gasteiger partial charge on any atom is -0.456 e. The summed E-state index contributed by atoms with van der Waals surface area (Å²) in [5.41, 5.74) is 5.68. The van der Waals surface area contributed by atoms with Gasteiger partial charge in [-0.2, -0.15) is 0 Å². The molecular formula is C8H10FN3O2. The maximum absolute atomic E-state index is 12.4. The van der Waals surface area contributed by atoms with Gasteiger partial charge in [0.05, 0.1) is 31.6 Å². The second-order valence-corrected chi connectivity index (χ2v) is 3.04. The third-order valence-electron chi connectivity index (χ3n) is 1.92. The lowest BCUT2D eigenvalue weighted by molar-refractivity contribution is 0.132. The summed E-state index contributed by atoms with van der Waals surface area (Å²) < 4.78 is 22.8. The number of rotatable bonds is 2. The largest absolute Gasteiger partial charge is 0.456 e. The fraction of sp³-hybridized carbons (Fsp3) is 0.500. The van der Waals surface area contributed by atoms with Gasteiger partial charge in [0, 0.05) is 0 Å². The highest BCUT2D eigenvalue weighted by molar-refractivity contribution is 4.98. The lowest BCUT2D eigenvalue weighted by Gasteiger charge is -2.13. The van der Waals surface area contributed by atoms with Crippen LogP contribution in [0, 0.1) is 5.82 Å². The molecule has 1 aliphatic heterocycles. The monoisotopic (exact) mass is 199 g/mol. The predicted octanol–water partition coefficient (Wildman–Crippen LogP) is -0.279. The molecule has 0 amide bonds. The third-order valence-corrected chi connectivity index (χ3v) is 1.92. The molecule has 1 saturated heterocycles. The number of nitrogens with zero attached hydrogens (tertiary/aromatic N) is 2. The van der Waals surface area contributed by atoms with Crippen LogP contribution in [0.25, 0.3) is 0 Å². The molecule has 0 radical (unpaired) electrons. The molecule has 2 heterocycles. The summed E-state index contributed by atoms with van der Waals surface area (Å²) in [6, 6.07) is -0.0546. The van der Waals surface area contributed by atoms with E-state index in [0.29, 0.717) is 13.2 Å². The lowest BCUT2D eigenvalue weighted by atomic mass is 10.2. The van der Waals surface area contributed by atoms with Crippen LogP contribution in [-0.4, -0.2) is 35.3 Å². The van der Waals surface area contributed by atoms with Gasteiger partial charge in [0.2, 0.25) is 0 Å². The summed E-state index contributed by atoms with van der Waals surface area (Å²) in [5, 5.41) is 0. The van der Waals surface area contributed by atoms with Crippen molar-refractivity contribution in [1.82, 2.24) is 9.97 Å². The molecule has 1 fully saturated rings. The van der Waals surface area contributed by atoms with Gasteiger partial charge in [0.1, 0.15) is 6.10 Å². The highest BCUT2D eigenvalue weighted by Crippen LogP contribution is 2.11. The van der Waals surface area contributed by atoms with Crippen LogP contribution < -0.4 is 10.5 Å². The van der Waals surface area contributed by atoms with Crippen molar-refractivity contribution in [2.75, 3.05) is 13.2 Å². The van der Waals surface area contributed by atoms with Gasteiger partial charge in [0.15, 0.2) is 5.82 Å². The van der Waals surface area contributed by atoms with Crippen molar-refractivity contribution >= 4 is 0 Å². The van der Waals surface area contributed by atoms with E-state index in [9.17, 15) is 4.39 Å². The Morgan fingerprint density at radius 2 is 2.14 bits per heavy atom. The van der Waals surface area contributed by atoms with E-state index in [4.69, 9.17) is 15.2 Å². The van der Waals surface area contributed by atoms with Crippen LogP contribution in [0.15, 0.2) is 12.4 Å². The normalized spacial score (nSPS) is 26.4. The molecular weight excluding hydrogens is 189 g/mol. The van der Waals surface area contributed by atoms with Crippen molar-refractivity contribution in [3.63, 3.8) is 0 Å². The van der Waals surface area contributed by atoms with Gasteiger partial charge in [-0.25, -0.2) is 14.4 Å². The average molecular weight is 199 g/mol. The molecule has 2 N–H and O–H groups in total. The summed E-state index contributed by atoms with van der Waals surface area (Å²) >= 11 is 0. The highest BCUT2D eigenvalue weighted by atomic mass is 19.1. The van der Waals surface area contributed by atoms with Crippen molar-refractivity contribution in [2.45, 2.75) is 12.1 Å². The summed E-state index contributed by atoms with van der Waals surface area (Å²) in [5.74, 6) is -0.496. The van der Waals surface area contributed by atoms with E-state index >= 15 is 0 Å². The van der Waals surface area contributed by atoms with Crippen LogP contribution in [0.2, 0.25) is 0 Å². The number of aromatic nitrogens is 2. The Labute approximate surface area is 80.1 Å². The number of ether oxygens (including phenoxy) is 2. The Balaban J connectivity index is 2.00. The molecule has 76 valence electrons. The van der Waals surface area contributed by atoms with E-state index in [-0.39, 0.29) is 18.2 Å². The first-order valence-corrected chi connectivity index (χ1v) is 4.23. The van der Waals surface area contributed by atoms with E-state index in [2.05, 4.69) is 9.97 Å². The molecule has 0 saturated carbocycles. The molecule has 2 atom stereocenters. The van der Waals surface area contributed by atoms with E-state index in [1.807, 2.05) is 0 Å². The van der Waals surface area contributed by atoms with Gasteiger partial charge in [-0.15, -0.1) is 0 Å². The standard InChI is InChI=1S/C8H10FN3O2/c9-5-1-11-8(12-2-5)14-7-4-13-3-6(7)10/h1-2,6-7H,3-4,10H2. The number of nitrogens with two attached hydrogens (primary N) is 1. The summed E-state index contributed by atoms with van der Waals surface area (Å²) in [6.45, 7) is 0.883. The molecule has 1 aromatic heterocycles. The van der Waals surface area contributed by atoms with E-state index in [1.165, 1.54) is 0 Å². The molecule has 1 aliphatic rings. The van der Waals surface area contributed by atoms with Crippen molar-refractivity contribution in [3.8, 4) is 6.01 Å². The summed E-state index contributed by atoms with van der Waals surface area (Å²) in [6.07, 6.45) is 1.84. The molecule has 0 bridgehead atoms. The molecule has 2 rings (SSSR count). The minimum absolute atomic E-state index is 0.123. The predicted molar refractivity (Wildman–Crippen MR) is 45.2 cm³/mol. The number of hydrogen-bond donors (Lipinski definition) is 1. The van der Waals surface area contributed by atoms with Gasteiger partial charge < -0.3 is 15.2 Å². The first-order valence-electron chi connectivity index (χ1n) is 4.23. The van der Waals surface area contributed by atoms with Crippen LogP contribution in [0.4, 0.5) is 4.39 Å². The summed E-state index contributed by atoms with van der Waals surface area (Å²) in [7, 11) is 0. The Kier molecular flexibility index (Phi) is 2.55. The molecule has 6 heteroatoms. The Morgan fingerprint density at radius 1 is 1.43 bits per heavy atom. The van der Waals surface area contributed by atoms with Crippen molar-refractivity contribution < 1.29 is 13.9 Å². The number of halogens is 1. The first-order chi connectivity index (χ1) is 6.75. The lowest BCUT2D eigenvalue weighted by Crippen LogP contribution is -2.37. The zero-order valence-electron chi connectivity index (χ0n) is 7.39. The molecule has 0 aromatic carbocycles. The molecule has 14 heavy (non-hydrogen) atoms. The maximum atomic E-state index is 12.4. The van der Waals surface area contributed by atoms with Crippen LogP contribution >= 0.6 is 0 Å². The zero-order valence-corrected chi connectivity index (χ0v) is 7.39. The van der Waals surface area contributed by atoms with Crippen LogP contribution in [0.3, 0.4) is 0 Å². The van der Waals surface area contributed by atoms with E-state index < -0.39 is 5.82 Å². The fourth-order valence-electron chi connectivity index (χ4n) is 1.17. The molecule has 1 aromatic rings. The van der Waals surface area contributed by atoms with Crippen molar-refractivity contribution in [2.24, 2.45) is 5.73 Å². The minimum atomic E-state index is -0.496. The van der Waals surface area contributed by atoms with Crippen LogP contribution in [0.1, 0.15) is 0 Å². The Morgan fingerprint density at radius 3 is 2.71 bits per heavy atom. The molecule has 0 spiro atoms. The Hall–Kier alpha value is -1.27. The van der Waals surface area contributed by atoms with Crippen molar-refractivity contribution in [1.29, 1.82) is 0 Å². The van der Waals surface area contributed by atoms with Crippen molar-refractivity contribution in [3.05, 3.63) is 18.2 Å². The maximum Gasteiger partial charge on any atom is 0.316 e. The van der Waals surface area contributed by atoms with E-state index in [0.717, 1.165) is 12.4 Å². The molecule has 0 aliphatic carbocycles. The topological polar surface area (TPSA) is 70.3 Å². The summed E-state index contributed by atoms with van der Waals surface area (Å²) in [4.78, 5) is 7.31. The van der Waals surface area contributed by atoms with E-state index in [1.54, 1.807) is 0 Å². The van der Waals surface area contributed by atoms with Gasteiger partial charge in [-0.05, 0) is 0 Å². The average Bonchev–Trinajstić information content (AvgIpc) is 2.56. The van der Waals surface area contributed by atoms with Crippen LogP contribution in [0.5, 0.6) is 6.01 Å². The first kappa shape index (κ1) is 9.29. The van der Waals surface area contributed by atoms with Gasteiger partial charge in [-0.3, -0.25) is 0 Å². The van der Waals surface area contributed by atoms with Gasteiger partial charge in [-0.1, -0.05) is 0 Å². The van der Waals surface area contributed by atoms with Crippen LogP contribution in [-0.2, 0) is 4.74 Å². The molecule has 2 unspecified atom stereocenters. The highest BCUT2D eigenvalue weighted by Gasteiger charge is 2.27. The van der Waals surface area contributed by atoms with Gasteiger partial charge >= 0.3 is 6.01 Å². The second kappa shape index (κ2) is 3.85. The fourth-order valence-corrected chi connectivity index (χ4v) is 1.17. The van der Waals surface area contributed by atoms with Gasteiger partial charge in [0.25, 0.3) is 0 Å². The number of hydrogen-bond acceptors (Lipinski definition) is 5. The third kappa shape index (κ3) is 1.97. The Bertz CT molecular complexity index is 306. The second-order valence-electron chi connectivity index (χ2n) is 3.04. The zero-order chi connectivity index (χ0) is 9.97. The SMILES string of the molecule is NC1COCC1Oc1ncc(F)cn1. The molecule has 5 nitrogen and oxygen atoms in total.